The van der Waals surface area contributed by atoms with E-state index in [0.29, 0.717) is 13.1 Å². The maximum absolute atomic E-state index is 12.6. The molecule has 21 nitrogen and oxygen atoms in total. The van der Waals surface area contributed by atoms with Gasteiger partial charge in [0, 0.05) is 18.7 Å². The van der Waals surface area contributed by atoms with Gasteiger partial charge in [-0.25, -0.2) is 0 Å². The van der Waals surface area contributed by atoms with Gasteiger partial charge in [0.05, 0.1) is 91.9 Å². The van der Waals surface area contributed by atoms with E-state index in [4.69, 9.17) is 85.3 Å². The van der Waals surface area contributed by atoms with Gasteiger partial charge in [-0.15, -0.1) is 0 Å². The van der Waals surface area contributed by atoms with Gasteiger partial charge in [-0.1, -0.05) is 317 Å². The molecule has 636 valence electrons. The van der Waals surface area contributed by atoms with Crippen LogP contribution in [0.2, 0.25) is 0 Å². The molecule has 6 saturated heterocycles. The van der Waals surface area contributed by atoms with Crippen LogP contribution in [0.5, 0.6) is 0 Å². The molecule has 21 heteroatoms. The van der Waals surface area contributed by atoms with Crippen LogP contribution in [-0.2, 0) is 145 Å². The third kappa shape index (κ3) is 23.1. The summed E-state index contributed by atoms with van der Waals surface area (Å²) in [5.41, 5.74) is 8.93. The zero-order valence-electron chi connectivity index (χ0n) is 68.4. The maximum Gasteiger partial charge on any atom is 0.187 e. The molecule has 0 amide bonds. The smallest absolute Gasteiger partial charge is 0.187 e. The Bertz CT molecular complexity index is 4580. The fourth-order valence-corrected chi connectivity index (χ4v) is 16.7. The molecule has 0 aliphatic carbocycles. The first-order valence-corrected chi connectivity index (χ1v) is 42.4. The highest BCUT2D eigenvalue weighted by Crippen LogP contribution is 2.44. The molecular weight excluding hydrogens is 1540 g/mol. The van der Waals surface area contributed by atoms with E-state index < -0.39 is 129 Å². The van der Waals surface area contributed by atoms with Crippen molar-refractivity contribution in [2.24, 2.45) is 11.8 Å². The van der Waals surface area contributed by atoms with Gasteiger partial charge in [-0.3, -0.25) is 4.90 Å². The molecule has 2 N–H and O–H groups in total. The van der Waals surface area contributed by atoms with Crippen molar-refractivity contribution in [3.8, 4) is 0 Å². The van der Waals surface area contributed by atoms with Gasteiger partial charge >= 0.3 is 0 Å². The number of likely N-dealkylation sites (tertiary alicyclic amines) is 1. The number of nitrogens with zero attached hydrogens (tertiary/aromatic N) is 1. The van der Waals surface area contributed by atoms with Crippen LogP contribution >= 0.6 is 0 Å². The van der Waals surface area contributed by atoms with Gasteiger partial charge in [0.25, 0.3) is 0 Å². The van der Waals surface area contributed by atoms with E-state index in [1.807, 2.05) is 303 Å². The van der Waals surface area contributed by atoms with Gasteiger partial charge in [0.15, 0.2) is 31.5 Å². The van der Waals surface area contributed by atoms with Gasteiger partial charge in [-0.2, -0.15) is 0 Å². The fraction of sp³-hybridized carbons (Fsp3) is 0.400. The minimum absolute atomic E-state index is 0.0129. The molecule has 121 heavy (non-hydrogen) atoms. The molecule has 10 aromatic rings. The van der Waals surface area contributed by atoms with Crippen LogP contribution in [-0.4, -0.2) is 177 Å². The summed E-state index contributed by atoms with van der Waals surface area (Å²) in [4.78, 5) is 2.37. The molecule has 3 unspecified atom stereocenters. The van der Waals surface area contributed by atoms with Crippen molar-refractivity contribution >= 4 is 0 Å². The summed E-state index contributed by atoms with van der Waals surface area (Å²) in [6.07, 6.45) is -22.6. The van der Waals surface area contributed by atoms with Crippen molar-refractivity contribution in [1.29, 1.82) is 0 Å². The van der Waals surface area contributed by atoms with Crippen LogP contribution in [0.4, 0.5) is 0 Å². The lowest BCUT2D eigenvalue weighted by atomic mass is 9.93. The second-order valence-corrected chi connectivity index (χ2v) is 32.1. The minimum Gasteiger partial charge on any atom is -0.387 e. The Morgan fingerprint density at radius 2 is 0.603 bits per heavy atom. The second-order valence-electron chi connectivity index (χ2n) is 32.1. The molecule has 0 bridgehead atoms. The van der Waals surface area contributed by atoms with Crippen molar-refractivity contribution in [3.05, 3.63) is 359 Å². The van der Waals surface area contributed by atoms with Gasteiger partial charge in [0.2, 0.25) is 0 Å². The molecule has 10 aromatic carbocycles. The summed E-state index contributed by atoms with van der Waals surface area (Å²) in [6.45, 7) is 6.90. The number of hydrogen-bond donors (Lipinski definition) is 2. The first-order chi connectivity index (χ1) is 59.6. The van der Waals surface area contributed by atoms with Crippen LogP contribution in [0, 0.1) is 11.8 Å². The van der Waals surface area contributed by atoms with E-state index >= 15 is 0 Å². The number of rotatable bonds is 38. The van der Waals surface area contributed by atoms with Crippen molar-refractivity contribution in [1.82, 2.24) is 4.90 Å². The molecule has 6 heterocycles. The molecule has 23 atom stereocenters. The van der Waals surface area contributed by atoms with Crippen LogP contribution in [0.15, 0.2) is 303 Å². The summed E-state index contributed by atoms with van der Waals surface area (Å²) >= 11 is 0. The Balaban J connectivity index is 0.835. The van der Waals surface area contributed by atoms with Crippen molar-refractivity contribution in [2.75, 3.05) is 39.5 Å². The third-order valence-electron chi connectivity index (χ3n) is 23.4. The van der Waals surface area contributed by atoms with Gasteiger partial charge in [-0.05, 0) is 61.9 Å². The Morgan fingerprint density at radius 1 is 0.289 bits per heavy atom. The average Bonchev–Trinajstić information content (AvgIpc) is 1.72. The molecule has 6 aliphatic rings. The summed E-state index contributed by atoms with van der Waals surface area (Å²) in [5.74, 6) is 0.366. The highest BCUT2D eigenvalue weighted by molar-refractivity contribution is 5.23. The lowest BCUT2D eigenvalue weighted by Gasteiger charge is -2.54. The Hall–Kier alpha value is -8.64. The quantitative estimate of drug-likeness (QED) is 0.0368. The van der Waals surface area contributed by atoms with Crippen LogP contribution in [0.25, 0.3) is 0 Å². The van der Waals surface area contributed by atoms with E-state index in [2.05, 4.69) is 18.7 Å². The molecule has 6 fully saturated rings. The van der Waals surface area contributed by atoms with Gasteiger partial charge in [0.1, 0.15) is 91.6 Å². The minimum atomic E-state index is -1.63. The predicted molar refractivity (Wildman–Crippen MR) is 450 cm³/mol. The zero-order valence-corrected chi connectivity index (χ0v) is 68.4. The molecular formula is C100H111NO20. The van der Waals surface area contributed by atoms with E-state index in [9.17, 15) is 10.2 Å². The first kappa shape index (κ1) is 85.9. The molecule has 0 spiro atoms. The molecule has 16 rings (SSSR count). The summed E-state index contributed by atoms with van der Waals surface area (Å²) in [5, 5.41) is 25.0. The Kier molecular flexibility index (Phi) is 31.0. The number of aliphatic hydroxyl groups excluding tert-OH is 2. The van der Waals surface area contributed by atoms with E-state index in [-0.39, 0.29) is 97.7 Å². The molecule has 6 aliphatic heterocycles. The lowest BCUT2D eigenvalue weighted by Crippen LogP contribution is -2.70. The summed E-state index contributed by atoms with van der Waals surface area (Å²) < 4.78 is 131. The van der Waals surface area contributed by atoms with Crippen LogP contribution in [0.3, 0.4) is 0 Å². The van der Waals surface area contributed by atoms with Crippen molar-refractivity contribution < 1.29 is 95.5 Å². The second kappa shape index (κ2) is 43.6. The van der Waals surface area contributed by atoms with Crippen LogP contribution < -0.4 is 0 Å². The third-order valence-corrected chi connectivity index (χ3v) is 23.4. The maximum atomic E-state index is 12.6. The van der Waals surface area contributed by atoms with Crippen LogP contribution in [0.1, 0.15) is 75.8 Å². The fourth-order valence-electron chi connectivity index (χ4n) is 16.7. The Morgan fingerprint density at radius 3 is 1.02 bits per heavy atom. The monoisotopic (exact) mass is 1650 g/mol. The number of hydrogen-bond acceptors (Lipinski definition) is 21. The SMILES string of the molecule is CC1CN([C@H]2[C@H](O[C@H]3[C@@H](OCc4ccccc4)[C@@H](COCc4ccccc4)O[C@@H](O[C@H]4[C@H](OCc5ccccc5)[C@@H](OCc5ccccc5)[C@H](OCc5ccccc5)O[C@@H]4COCc4ccccc4)[C@@H]3OCc3ccccc3)O[C@H](COCc3ccccc3)[C@@H](O[C@@H]3O[C@@H]4COC(c5ccccc5)O[C@@H]4[C@H](O)[C@H]3O)[C@@H]2OCc2ccccc2)CC1C. The number of benzene rings is 10. The number of aliphatic hydroxyl groups is 2. The highest BCUT2D eigenvalue weighted by atomic mass is 16.8. The number of fused-ring (bicyclic) bond motifs is 1. The first-order valence-electron chi connectivity index (χ1n) is 42.4. The lowest BCUT2D eigenvalue weighted by molar-refractivity contribution is -0.402. The normalized spacial score (nSPS) is 30.0. The van der Waals surface area contributed by atoms with Crippen molar-refractivity contribution in [2.45, 2.75) is 202 Å². The molecule has 0 saturated carbocycles. The topological polar surface area (TPSA) is 210 Å². The van der Waals surface area contributed by atoms with E-state index in [1.54, 1.807) is 0 Å². The molecule has 0 aromatic heterocycles. The zero-order chi connectivity index (χ0) is 82.3. The standard InChI is InChI=1S/C100H111NO20/c1-68-53-101(54-69(68)2)84-91(108-59-74-41-21-7-22-42-74)89(119-98-86(103)85(102)87-83(115-98)67-113-96(118-87)79-51-31-12-32-52-79)81(65-105-56-71-35-15-4-16-36-71)114-97(84)121-93-88(107-58-73-39-19-6-20-40-73)80(64-104-55-70-33-13-3-14-34-70)117-100(95(93)111-62-77-47-27-10-28-48-77)120-90-82(66-106-57-72-37-17-5-18-38-72)116-99(112-63-78-49-29-11-30-50-78)94(110-61-76-45-25-9-26-46-76)92(90)109-60-75-43-23-8-24-44-75/h3-52,68-69,80-100,102-103H,53-67H2,1-2H3/t68?,69?,80-,81-,82-,83-,84-,85-,86-,87+,88+,89-,90-,91-,92+,93+,94-,95-,96?,97+,98+,99-,100+/m1/s1. The molecule has 0 radical (unpaired) electrons. The summed E-state index contributed by atoms with van der Waals surface area (Å²) in [6, 6.07) is 98.4. The van der Waals surface area contributed by atoms with E-state index in [1.165, 1.54) is 0 Å². The van der Waals surface area contributed by atoms with Crippen molar-refractivity contribution in [3.63, 3.8) is 0 Å². The van der Waals surface area contributed by atoms with Gasteiger partial charge < -0.3 is 95.5 Å². The van der Waals surface area contributed by atoms with E-state index in [0.717, 1.165) is 55.6 Å². The Labute approximate surface area is 709 Å². The average molecular weight is 1650 g/mol. The predicted octanol–water partition coefficient (Wildman–Crippen LogP) is 14.6. The number of ether oxygens (including phenoxy) is 18. The summed E-state index contributed by atoms with van der Waals surface area (Å²) in [7, 11) is 0. The largest absolute Gasteiger partial charge is 0.387 e. The highest BCUT2D eigenvalue weighted by Gasteiger charge is 2.60.